The van der Waals surface area contributed by atoms with E-state index in [0.29, 0.717) is 4.90 Å². The van der Waals surface area contributed by atoms with Crippen LogP contribution in [0.4, 0.5) is 4.39 Å². The summed E-state index contributed by atoms with van der Waals surface area (Å²) in [5.41, 5.74) is 0.234. The largest absolute Gasteiger partial charge is 0.478 e. The fourth-order valence-corrected chi connectivity index (χ4v) is 1.87. The molecule has 0 aliphatic heterocycles. The average molecular weight is 214 g/mol. The number of thioether (sulfide) groups is 1. The Hall–Kier alpha value is -1.03. The number of aromatic carboxylic acids is 1. The van der Waals surface area contributed by atoms with Gasteiger partial charge in [0.05, 0.1) is 5.56 Å². The Morgan fingerprint density at radius 3 is 2.79 bits per heavy atom. The van der Waals surface area contributed by atoms with Gasteiger partial charge in [-0.2, -0.15) is 0 Å². The Labute approximate surface area is 86.1 Å². The predicted molar refractivity (Wildman–Crippen MR) is 54.7 cm³/mol. The number of alkyl halides is 1. The van der Waals surface area contributed by atoms with Crippen molar-refractivity contribution in [1.82, 2.24) is 0 Å². The summed E-state index contributed by atoms with van der Waals surface area (Å²) < 4.78 is 12.6. The van der Waals surface area contributed by atoms with Gasteiger partial charge in [0.1, 0.15) is 6.17 Å². The van der Waals surface area contributed by atoms with Crippen molar-refractivity contribution in [3.8, 4) is 0 Å². The molecule has 76 valence electrons. The zero-order chi connectivity index (χ0) is 10.6. The predicted octanol–water partition coefficient (Wildman–Crippen LogP) is 2.83. The van der Waals surface area contributed by atoms with Gasteiger partial charge in [0, 0.05) is 10.6 Å². The molecule has 4 heteroatoms. The summed E-state index contributed by atoms with van der Waals surface area (Å²) >= 11 is 1.23. The maximum absolute atomic E-state index is 12.6. The Balaban J connectivity index is 2.79. The molecule has 2 nitrogen and oxygen atoms in total. The molecule has 1 rings (SSSR count). The summed E-state index contributed by atoms with van der Waals surface area (Å²) in [7, 11) is 0. The molecule has 1 N–H and O–H groups in total. The van der Waals surface area contributed by atoms with Crippen molar-refractivity contribution in [2.24, 2.45) is 0 Å². The molecule has 0 aliphatic carbocycles. The molecule has 0 bridgehead atoms. The van der Waals surface area contributed by atoms with Crippen molar-refractivity contribution in [3.05, 3.63) is 29.8 Å². The number of hydrogen-bond acceptors (Lipinski definition) is 2. The van der Waals surface area contributed by atoms with Crippen molar-refractivity contribution in [2.45, 2.75) is 18.0 Å². The van der Waals surface area contributed by atoms with E-state index in [1.165, 1.54) is 24.8 Å². The van der Waals surface area contributed by atoms with Crippen LogP contribution in [0.1, 0.15) is 17.3 Å². The average Bonchev–Trinajstić information content (AvgIpc) is 2.15. The molecule has 1 aromatic rings. The van der Waals surface area contributed by atoms with Gasteiger partial charge < -0.3 is 5.11 Å². The lowest BCUT2D eigenvalue weighted by Gasteiger charge is -2.05. The lowest BCUT2D eigenvalue weighted by atomic mass is 10.2. The summed E-state index contributed by atoms with van der Waals surface area (Å²) in [5, 5.41) is 8.82. The number of hydrogen-bond donors (Lipinski definition) is 1. The standard InChI is InChI=1S/C10H11FO2S/c1-7(11)6-14-9-5-3-2-4-8(9)10(12)13/h2-5,7H,6H2,1H3,(H,12,13). The third-order valence-electron chi connectivity index (χ3n) is 1.59. The van der Waals surface area contributed by atoms with Crippen LogP contribution in [0.15, 0.2) is 29.2 Å². The van der Waals surface area contributed by atoms with Crippen LogP contribution in [-0.2, 0) is 0 Å². The summed E-state index contributed by atoms with van der Waals surface area (Å²) in [6, 6.07) is 6.62. The van der Waals surface area contributed by atoms with E-state index in [1.54, 1.807) is 18.2 Å². The molecule has 1 unspecified atom stereocenters. The van der Waals surface area contributed by atoms with Crippen LogP contribution >= 0.6 is 11.8 Å². The van der Waals surface area contributed by atoms with E-state index in [2.05, 4.69) is 0 Å². The van der Waals surface area contributed by atoms with E-state index in [0.717, 1.165) is 0 Å². The molecular weight excluding hydrogens is 203 g/mol. The normalized spacial score (nSPS) is 12.4. The molecular formula is C10H11FO2S. The van der Waals surface area contributed by atoms with Gasteiger partial charge in [-0.15, -0.1) is 11.8 Å². The van der Waals surface area contributed by atoms with Gasteiger partial charge in [0.2, 0.25) is 0 Å². The maximum Gasteiger partial charge on any atom is 0.336 e. The molecule has 0 amide bonds. The van der Waals surface area contributed by atoms with Crippen molar-refractivity contribution in [3.63, 3.8) is 0 Å². The quantitative estimate of drug-likeness (QED) is 0.783. The number of carboxylic acids is 1. The number of halogens is 1. The van der Waals surface area contributed by atoms with Crippen LogP contribution in [0, 0.1) is 0 Å². The number of carbonyl (C=O) groups is 1. The third-order valence-corrected chi connectivity index (χ3v) is 2.88. The van der Waals surface area contributed by atoms with Gasteiger partial charge in [0.25, 0.3) is 0 Å². The zero-order valence-electron chi connectivity index (χ0n) is 7.74. The van der Waals surface area contributed by atoms with Crippen molar-refractivity contribution in [1.29, 1.82) is 0 Å². The second-order valence-electron chi connectivity index (χ2n) is 2.89. The molecule has 0 aliphatic rings. The first-order valence-electron chi connectivity index (χ1n) is 4.20. The second-order valence-corrected chi connectivity index (χ2v) is 3.95. The highest BCUT2D eigenvalue weighted by atomic mass is 32.2. The minimum absolute atomic E-state index is 0.234. The van der Waals surface area contributed by atoms with Gasteiger partial charge >= 0.3 is 5.97 Å². The van der Waals surface area contributed by atoms with Crippen LogP contribution in [0.5, 0.6) is 0 Å². The van der Waals surface area contributed by atoms with E-state index in [1.807, 2.05) is 0 Å². The van der Waals surface area contributed by atoms with Gasteiger partial charge in [-0.25, -0.2) is 9.18 Å². The fourth-order valence-electron chi connectivity index (χ4n) is 0.974. The summed E-state index contributed by atoms with van der Waals surface area (Å²) in [4.78, 5) is 11.4. The van der Waals surface area contributed by atoms with Crippen LogP contribution in [0.3, 0.4) is 0 Å². The maximum atomic E-state index is 12.6. The Morgan fingerprint density at radius 2 is 2.21 bits per heavy atom. The van der Waals surface area contributed by atoms with Gasteiger partial charge in [-0.3, -0.25) is 0 Å². The minimum atomic E-state index is -0.973. The highest BCUT2D eigenvalue weighted by Crippen LogP contribution is 2.23. The Kier molecular flexibility index (Phi) is 3.95. The molecule has 14 heavy (non-hydrogen) atoms. The van der Waals surface area contributed by atoms with E-state index >= 15 is 0 Å². The molecule has 0 heterocycles. The summed E-state index contributed by atoms with van der Waals surface area (Å²) in [5.74, 6) is -0.691. The first kappa shape index (κ1) is 11.0. The third kappa shape index (κ3) is 3.03. The fraction of sp³-hybridized carbons (Fsp3) is 0.300. The lowest BCUT2D eigenvalue weighted by Crippen LogP contribution is -2.01. The van der Waals surface area contributed by atoms with Crippen LogP contribution in [0.2, 0.25) is 0 Å². The van der Waals surface area contributed by atoms with E-state index in [9.17, 15) is 9.18 Å². The smallest absolute Gasteiger partial charge is 0.336 e. The van der Waals surface area contributed by atoms with Gasteiger partial charge in [0.15, 0.2) is 0 Å². The molecule has 1 atom stereocenters. The van der Waals surface area contributed by atoms with E-state index in [-0.39, 0.29) is 11.3 Å². The highest BCUT2D eigenvalue weighted by Gasteiger charge is 2.10. The topological polar surface area (TPSA) is 37.3 Å². The van der Waals surface area contributed by atoms with Gasteiger partial charge in [-0.05, 0) is 19.1 Å². The first-order valence-corrected chi connectivity index (χ1v) is 5.19. The number of benzene rings is 1. The highest BCUT2D eigenvalue weighted by molar-refractivity contribution is 7.99. The van der Waals surface area contributed by atoms with Crippen LogP contribution in [0.25, 0.3) is 0 Å². The van der Waals surface area contributed by atoms with Crippen molar-refractivity contribution < 1.29 is 14.3 Å². The van der Waals surface area contributed by atoms with Crippen molar-refractivity contribution in [2.75, 3.05) is 5.75 Å². The molecule has 0 saturated carbocycles. The lowest BCUT2D eigenvalue weighted by molar-refractivity contribution is 0.0693. The summed E-state index contributed by atoms with van der Waals surface area (Å²) in [6.07, 6.45) is -0.929. The Bertz CT molecular complexity index is 326. The molecule has 0 aromatic heterocycles. The molecule has 0 saturated heterocycles. The number of carboxylic acid groups (broad SMARTS) is 1. The molecule has 0 fully saturated rings. The zero-order valence-corrected chi connectivity index (χ0v) is 8.55. The summed E-state index contributed by atoms with van der Waals surface area (Å²) in [6.45, 7) is 1.45. The van der Waals surface area contributed by atoms with Crippen LogP contribution in [-0.4, -0.2) is 23.0 Å². The minimum Gasteiger partial charge on any atom is -0.478 e. The Morgan fingerprint density at radius 1 is 1.57 bits per heavy atom. The van der Waals surface area contributed by atoms with Gasteiger partial charge in [-0.1, -0.05) is 12.1 Å². The molecule has 1 aromatic carbocycles. The van der Waals surface area contributed by atoms with Crippen molar-refractivity contribution >= 4 is 17.7 Å². The molecule has 0 spiro atoms. The molecule has 0 radical (unpaired) electrons. The monoisotopic (exact) mass is 214 g/mol. The van der Waals surface area contributed by atoms with E-state index < -0.39 is 12.1 Å². The van der Waals surface area contributed by atoms with E-state index in [4.69, 9.17) is 5.11 Å². The first-order chi connectivity index (χ1) is 6.61. The van der Waals surface area contributed by atoms with Crippen LogP contribution < -0.4 is 0 Å². The number of rotatable bonds is 4. The SMILES string of the molecule is CC(F)CSc1ccccc1C(=O)O. The second kappa shape index (κ2) is 5.00.